The lowest BCUT2D eigenvalue weighted by Crippen LogP contribution is -2.26. The summed E-state index contributed by atoms with van der Waals surface area (Å²) < 4.78 is 19.6. The second-order valence-corrected chi connectivity index (χ2v) is 25.2. The highest BCUT2D eigenvalue weighted by molar-refractivity contribution is 5.96. The van der Waals surface area contributed by atoms with Gasteiger partial charge in [-0.25, -0.2) is 14.4 Å². The molecule has 0 heterocycles. The molecule has 0 aliphatic carbocycles. The van der Waals surface area contributed by atoms with Crippen molar-refractivity contribution in [3.8, 4) is 50.6 Å². The van der Waals surface area contributed by atoms with E-state index in [-0.39, 0.29) is 0 Å². The number of hydrogen-bond donors (Lipinski definition) is 0. The van der Waals surface area contributed by atoms with Crippen LogP contribution >= 0.6 is 0 Å². The first-order chi connectivity index (χ1) is 51.2. The van der Waals surface area contributed by atoms with E-state index in [0.29, 0.717) is 50.6 Å². The maximum Gasteiger partial charge on any atom is 0.343 e. The van der Waals surface area contributed by atoms with Gasteiger partial charge in [0.05, 0.1) is 16.7 Å². The summed E-state index contributed by atoms with van der Waals surface area (Å²) in [5.74, 6) is -0.520. The third kappa shape index (κ3) is 14.2. The first-order valence-electron chi connectivity index (χ1n) is 34.5. The Balaban J connectivity index is 0.823. The van der Waals surface area contributed by atoms with Crippen molar-refractivity contribution >= 4 is 69.1 Å². The van der Waals surface area contributed by atoms with Crippen LogP contribution in [-0.4, -0.2) is 17.9 Å². The second-order valence-electron chi connectivity index (χ2n) is 25.2. The summed E-state index contributed by atoms with van der Waals surface area (Å²) in [4.78, 5) is 50.4. The van der Waals surface area contributed by atoms with Crippen LogP contribution in [0.5, 0.6) is 17.2 Å². The van der Waals surface area contributed by atoms with E-state index in [9.17, 15) is 14.4 Å². The molecule has 15 aromatic rings. The molecule has 15 rings (SSSR count). The lowest BCUT2D eigenvalue weighted by molar-refractivity contribution is 0.0726. The largest absolute Gasteiger partial charge is 0.422 e. The standard InChI is InChI=1S/C95H69N3O6/c1-95(74-53-62-89(86(65-74)68-29-11-2-12-30-68)102-92(99)71-47-56-83(57-48-71)96(77-35-17-5-18-36-77)78-37-19-6-20-38-78,75-54-63-90(87(66-75)69-31-13-3-14-32-69)103-93(100)72-49-58-84(59-50-72)97(79-39-21-7-22-40-79)80-41-23-8-24-42-80)76-55-64-91(88(67-76)70-33-15-4-16-34-70)104-94(101)73-51-60-85(61-52-73)98(81-43-25-9-26-44-81)82-45-27-10-28-46-82/h2-67H,1H3. The lowest BCUT2D eigenvalue weighted by atomic mass is 9.69. The van der Waals surface area contributed by atoms with Gasteiger partial charge in [0, 0.05) is 73.3 Å². The van der Waals surface area contributed by atoms with Gasteiger partial charge in [0.2, 0.25) is 0 Å². The summed E-state index contributed by atoms with van der Waals surface area (Å²) in [7, 11) is 0. The van der Waals surface area contributed by atoms with E-state index in [0.717, 1.165) is 84.6 Å². The number of benzene rings is 15. The van der Waals surface area contributed by atoms with Gasteiger partial charge in [-0.05, 0) is 222 Å². The van der Waals surface area contributed by atoms with Crippen molar-refractivity contribution in [3.63, 3.8) is 0 Å². The average molecular weight is 1350 g/mol. The fourth-order valence-electron chi connectivity index (χ4n) is 13.3. The molecule has 0 aliphatic heterocycles. The molecule has 0 aliphatic rings. The number of rotatable bonds is 21. The fourth-order valence-corrected chi connectivity index (χ4v) is 13.3. The van der Waals surface area contributed by atoms with Gasteiger partial charge in [0.15, 0.2) is 0 Å². The van der Waals surface area contributed by atoms with Crippen LogP contribution in [0.15, 0.2) is 400 Å². The Kier molecular flexibility index (Phi) is 19.2. The molecule has 0 bridgehead atoms. The molecular weight excluding hydrogens is 1280 g/mol. The Morgan fingerprint density at radius 3 is 0.606 bits per heavy atom. The molecule has 9 heteroatoms. The number of anilines is 9. The van der Waals surface area contributed by atoms with Crippen molar-refractivity contribution in [2.24, 2.45) is 0 Å². The molecule has 104 heavy (non-hydrogen) atoms. The highest BCUT2D eigenvalue weighted by Gasteiger charge is 2.35. The van der Waals surface area contributed by atoms with Crippen molar-refractivity contribution in [1.29, 1.82) is 0 Å². The number of carbonyl (C=O) groups excluding carboxylic acids is 3. The maximum absolute atomic E-state index is 14.7. The topological polar surface area (TPSA) is 88.6 Å². The van der Waals surface area contributed by atoms with E-state index in [1.807, 2.05) is 273 Å². The van der Waals surface area contributed by atoms with Gasteiger partial charge in [-0.2, -0.15) is 0 Å². The Hall–Kier alpha value is -13.9. The molecule has 500 valence electrons. The summed E-state index contributed by atoms with van der Waals surface area (Å²) in [6, 6.07) is 131. The van der Waals surface area contributed by atoms with Crippen LogP contribution in [0, 0.1) is 0 Å². The average Bonchev–Trinajstić information content (AvgIpc) is 0.740. The maximum atomic E-state index is 14.7. The van der Waals surface area contributed by atoms with Gasteiger partial charge >= 0.3 is 17.9 Å². The molecule has 15 aromatic carbocycles. The number of nitrogens with zero attached hydrogens (tertiary/aromatic N) is 3. The molecule has 0 amide bonds. The van der Waals surface area contributed by atoms with Gasteiger partial charge in [0.1, 0.15) is 17.2 Å². The fraction of sp³-hybridized carbons (Fsp3) is 0.0211. The van der Waals surface area contributed by atoms with E-state index in [4.69, 9.17) is 14.2 Å². The Morgan fingerprint density at radius 2 is 0.404 bits per heavy atom. The Labute approximate surface area is 605 Å². The van der Waals surface area contributed by atoms with Crippen molar-refractivity contribution in [1.82, 2.24) is 0 Å². The summed E-state index contributed by atoms with van der Waals surface area (Å²) in [5.41, 5.74) is 15.5. The molecule has 0 saturated carbocycles. The number of hydrogen-bond acceptors (Lipinski definition) is 9. The lowest BCUT2D eigenvalue weighted by Gasteiger charge is -2.34. The van der Waals surface area contributed by atoms with Gasteiger partial charge in [-0.1, -0.05) is 218 Å². The van der Waals surface area contributed by atoms with Crippen LogP contribution < -0.4 is 28.9 Å². The second kappa shape index (κ2) is 30.3. The van der Waals surface area contributed by atoms with Gasteiger partial charge in [0.25, 0.3) is 0 Å². The third-order valence-electron chi connectivity index (χ3n) is 18.7. The molecular formula is C95H69N3O6. The molecule has 0 fully saturated rings. The van der Waals surface area contributed by atoms with Crippen LogP contribution in [-0.2, 0) is 5.41 Å². The predicted molar refractivity (Wildman–Crippen MR) is 419 cm³/mol. The minimum Gasteiger partial charge on any atom is -0.422 e. The summed E-state index contributed by atoms with van der Waals surface area (Å²) in [6.07, 6.45) is 0. The zero-order chi connectivity index (χ0) is 70.6. The molecule has 0 atom stereocenters. The van der Waals surface area contributed by atoms with Crippen LogP contribution in [0.1, 0.15) is 54.7 Å². The summed E-state index contributed by atoms with van der Waals surface area (Å²) in [5, 5.41) is 0. The third-order valence-corrected chi connectivity index (χ3v) is 18.7. The molecule has 0 N–H and O–H groups in total. The van der Waals surface area contributed by atoms with Crippen LogP contribution in [0.4, 0.5) is 51.2 Å². The van der Waals surface area contributed by atoms with Crippen molar-refractivity contribution in [3.05, 3.63) is 434 Å². The first-order valence-corrected chi connectivity index (χ1v) is 34.5. The minimum absolute atomic E-state index is 0.354. The smallest absolute Gasteiger partial charge is 0.343 e. The SMILES string of the molecule is CC(c1ccc(OC(=O)c2ccc(N(c3ccccc3)c3ccccc3)cc2)c(-c2ccccc2)c1)(c1ccc(OC(=O)c2ccc(N(c3ccccc3)c3ccccc3)cc2)c(-c2ccccc2)c1)c1ccc(OC(=O)c2ccc(N(c3ccccc3)c3ccccc3)cc2)c(-c2ccccc2)c1. The number of ether oxygens (including phenoxy) is 3. The summed E-state index contributed by atoms with van der Waals surface area (Å²) in [6.45, 7) is 2.16. The number of carbonyl (C=O) groups is 3. The van der Waals surface area contributed by atoms with E-state index in [2.05, 4.69) is 113 Å². The van der Waals surface area contributed by atoms with Crippen molar-refractivity contribution in [2.45, 2.75) is 12.3 Å². The molecule has 0 radical (unpaired) electrons. The van der Waals surface area contributed by atoms with Crippen molar-refractivity contribution in [2.75, 3.05) is 14.7 Å². The van der Waals surface area contributed by atoms with E-state index in [1.54, 1.807) is 36.4 Å². The normalized spacial score (nSPS) is 11.0. The molecule has 0 saturated heterocycles. The van der Waals surface area contributed by atoms with Gasteiger partial charge in [-0.3, -0.25) is 0 Å². The van der Waals surface area contributed by atoms with Crippen LogP contribution in [0.2, 0.25) is 0 Å². The van der Waals surface area contributed by atoms with E-state index < -0.39 is 23.3 Å². The zero-order valence-corrected chi connectivity index (χ0v) is 56.9. The molecule has 0 aromatic heterocycles. The van der Waals surface area contributed by atoms with Gasteiger partial charge < -0.3 is 28.9 Å². The summed E-state index contributed by atoms with van der Waals surface area (Å²) >= 11 is 0. The Bertz CT molecular complexity index is 4770. The highest BCUT2D eigenvalue weighted by atomic mass is 16.5. The Morgan fingerprint density at radius 1 is 0.221 bits per heavy atom. The number of para-hydroxylation sites is 6. The van der Waals surface area contributed by atoms with E-state index in [1.165, 1.54) is 0 Å². The van der Waals surface area contributed by atoms with E-state index >= 15 is 0 Å². The quantitative estimate of drug-likeness (QED) is 0.0396. The monoisotopic (exact) mass is 1350 g/mol. The van der Waals surface area contributed by atoms with Crippen molar-refractivity contribution < 1.29 is 28.6 Å². The predicted octanol–water partition coefficient (Wildman–Crippen LogP) is 24.1. The zero-order valence-electron chi connectivity index (χ0n) is 56.9. The highest BCUT2D eigenvalue weighted by Crippen LogP contribution is 2.48. The number of esters is 3. The minimum atomic E-state index is -1.07. The van der Waals surface area contributed by atoms with Gasteiger partial charge in [-0.15, -0.1) is 0 Å². The molecule has 0 unspecified atom stereocenters. The molecule has 9 nitrogen and oxygen atoms in total. The van der Waals surface area contributed by atoms with Crippen LogP contribution in [0.3, 0.4) is 0 Å². The first kappa shape index (κ1) is 66.0. The molecule has 0 spiro atoms. The van der Waals surface area contributed by atoms with Crippen LogP contribution in [0.25, 0.3) is 33.4 Å².